The number of aliphatic hydroxyl groups is 1. The number of nitrogens with two attached hydrogens (primary N) is 1. The Bertz CT molecular complexity index is 318. The number of aliphatic hydroxyl groups excluding tert-OH is 1. The maximum atomic E-state index is 9.43. The highest BCUT2D eigenvalue weighted by Gasteiger charge is 2.09. The minimum absolute atomic E-state index is 0.288. The largest absolute Gasteiger partial charge is 0.496 e. The van der Waals surface area contributed by atoms with Crippen LogP contribution in [-0.2, 0) is 6.54 Å². The van der Waals surface area contributed by atoms with Gasteiger partial charge in [-0.15, -0.1) is 0 Å². The molecular weight excluding hydrogens is 204 g/mol. The highest BCUT2D eigenvalue weighted by Crippen LogP contribution is 2.18. The summed E-state index contributed by atoms with van der Waals surface area (Å²) < 4.78 is 5.26. The topological polar surface area (TPSA) is 58.7 Å². The molecule has 0 bridgehead atoms. The number of rotatable bonds is 6. The van der Waals surface area contributed by atoms with Crippen molar-refractivity contribution in [3.05, 3.63) is 29.8 Å². The lowest BCUT2D eigenvalue weighted by Crippen LogP contribution is -2.33. The zero-order valence-electron chi connectivity index (χ0n) is 9.89. The van der Waals surface area contributed by atoms with E-state index in [-0.39, 0.29) is 6.54 Å². The summed E-state index contributed by atoms with van der Waals surface area (Å²) in [6.07, 6.45) is -0.472. The third kappa shape index (κ3) is 3.81. The molecule has 1 atom stereocenters. The van der Waals surface area contributed by atoms with Crippen molar-refractivity contribution in [3.63, 3.8) is 0 Å². The molecule has 1 aromatic rings. The van der Waals surface area contributed by atoms with E-state index in [4.69, 9.17) is 10.5 Å². The average Bonchev–Trinajstić information content (AvgIpc) is 2.29. The van der Waals surface area contributed by atoms with Gasteiger partial charge in [0.25, 0.3) is 0 Å². The lowest BCUT2D eigenvalue weighted by Gasteiger charge is -2.20. The van der Waals surface area contributed by atoms with Gasteiger partial charge in [-0.25, -0.2) is 0 Å². The van der Waals surface area contributed by atoms with Gasteiger partial charge in [0.1, 0.15) is 5.75 Å². The van der Waals surface area contributed by atoms with Crippen LogP contribution in [0.25, 0.3) is 0 Å². The summed E-state index contributed by atoms with van der Waals surface area (Å²) in [7, 11) is 3.61. The van der Waals surface area contributed by atoms with Gasteiger partial charge in [0.15, 0.2) is 0 Å². The lowest BCUT2D eigenvalue weighted by atomic mass is 10.2. The van der Waals surface area contributed by atoms with Crippen LogP contribution in [0.3, 0.4) is 0 Å². The van der Waals surface area contributed by atoms with Crippen molar-refractivity contribution in [1.82, 2.24) is 4.90 Å². The van der Waals surface area contributed by atoms with Crippen LogP contribution >= 0.6 is 0 Å². The summed E-state index contributed by atoms with van der Waals surface area (Å²) in [4.78, 5) is 2.02. The molecule has 0 aliphatic heterocycles. The second-order valence-corrected chi connectivity index (χ2v) is 3.90. The molecule has 0 aliphatic rings. The Balaban J connectivity index is 2.58. The molecule has 1 rings (SSSR count). The molecule has 0 aliphatic carbocycles. The predicted octanol–water partition coefficient (Wildman–Crippen LogP) is 0.447. The minimum atomic E-state index is -0.472. The van der Waals surface area contributed by atoms with Gasteiger partial charge in [-0.3, -0.25) is 4.90 Å². The lowest BCUT2D eigenvalue weighted by molar-refractivity contribution is 0.129. The smallest absolute Gasteiger partial charge is 0.123 e. The molecule has 0 fully saturated rings. The molecule has 16 heavy (non-hydrogen) atoms. The van der Waals surface area contributed by atoms with Crippen LogP contribution in [0.4, 0.5) is 0 Å². The zero-order valence-corrected chi connectivity index (χ0v) is 9.89. The van der Waals surface area contributed by atoms with E-state index in [9.17, 15) is 5.11 Å². The molecular formula is C12H20N2O2. The van der Waals surface area contributed by atoms with Crippen LogP contribution < -0.4 is 10.5 Å². The van der Waals surface area contributed by atoms with Gasteiger partial charge >= 0.3 is 0 Å². The van der Waals surface area contributed by atoms with E-state index < -0.39 is 6.10 Å². The molecule has 0 aromatic heterocycles. The summed E-state index contributed by atoms with van der Waals surface area (Å²) in [5.74, 6) is 0.872. The average molecular weight is 224 g/mol. The molecule has 1 aromatic carbocycles. The monoisotopic (exact) mass is 224 g/mol. The molecule has 1 unspecified atom stereocenters. The zero-order chi connectivity index (χ0) is 12.0. The molecule has 0 spiro atoms. The first kappa shape index (κ1) is 13.0. The molecule has 0 saturated heterocycles. The normalized spacial score (nSPS) is 12.8. The van der Waals surface area contributed by atoms with Crippen molar-refractivity contribution in [1.29, 1.82) is 0 Å². The van der Waals surface area contributed by atoms with Gasteiger partial charge in [0, 0.05) is 25.2 Å². The van der Waals surface area contributed by atoms with Gasteiger partial charge in [0.2, 0.25) is 0 Å². The molecule has 90 valence electrons. The molecule has 0 radical (unpaired) electrons. The Morgan fingerprint density at radius 2 is 2.12 bits per heavy atom. The number of hydrogen-bond donors (Lipinski definition) is 2. The summed E-state index contributed by atoms with van der Waals surface area (Å²) in [5, 5.41) is 9.43. The molecule has 0 saturated carbocycles. The molecule has 0 heterocycles. The molecule has 3 N–H and O–H groups in total. The summed E-state index contributed by atoms with van der Waals surface area (Å²) in [6, 6.07) is 7.87. The van der Waals surface area contributed by atoms with E-state index >= 15 is 0 Å². The van der Waals surface area contributed by atoms with Crippen molar-refractivity contribution in [2.45, 2.75) is 12.6 Å². The predicted molar refractivity (Wildman–Crippen MR) is 64.4 cm³/mol. The highest BCUT2D eigenvalue weighted by molar-refractivity contribution is 5.32. The van der Waals surface area contributed by atoms with Crippen molar-refractivity contribution >= 4 is 0 Å². The van der Waals surface area contributed by atoms with E-state index in [1.165, 1.54) is 0 Å². The fraction of sp³-hybridized carbons (Fsp3) is 0.500. The number of methoxy groups -OCH3 is 1. The standard InChI is InChI=1S/C12H20N2O2/c1-14(9-11(15)7-13)8-10-5-3-4-6-12(10)16-2/h3-6,11,15H,7-9,13H2,1-2H3. The first-order valence-electron chi connectivity index (χ1n) is 5.36. The quantitative estimate of drug-likeness (QED) is 0.736. The minimum Gasteiger partial charge on any atom is -0.496 e. The Labute approximate surface area is 96.6 Å². The molecule has 0 amide bonds. The van der Waals surface area contributed by atoms with E-state index in [0.29, 0.717) is 6.54 Å². The number of para-hydroxylation sites is 1. The summed E-state index contributed by atoms with van der Waals surface area (Å²) in [6.45, 7) is 1.59. The highest BCUT2D eigenvalue weighted by atomic mass is 16.5. The van der Waals surface area contributed by atoms with Crippen LogP contribution in [0.15, 0.2) is 24.3 Å². The number of hydrogen-bond acceptors (Lipinski definition) is 4. The number of likely N-dealkylation sites (N-methyl/N-ethyl adjacent to an activating group) is 1. The molecule has 4 heteroatoms. The van der Waals surface area contributed by atoms with Crippen molar-refractivity contribution in [3.8, 4) is 5.75 Å². The van der Waals surface area contributed by atoms with Gasteiger partial charge < -0.3 is 15.6 Å². The summed E-state index contributed by atoms with van der Waals surface area (Å²) >= 11 is 0. The van der Waals surface area contributed by atoms with Gasteiger partial charge in [-0.2, -0.15) is 0 Å². The van der Waals surface area contributed by atoms with E-state index in [0.717, 1.165) is 17.9 Å². The first-order chi connectivity index (χ1) is 7.67. The van der Waals surface area contributed by atoms with E-state index in [2.05, 4.69) is 0 Å². The van der Waals surface area contributed by atoms with Gasteiger partial charge in [-0.05, 0) is 13.1 Å². The first-order valence-corrected chi connectivity index (χ1v) is 5.36. The Hall–Kier alpha value is -1.10. The Kier molecular flexibility index (Phi) is 5.25. The fourth-order valence-electron chi connectivity index (χ4n) is 1.62. The van der Waals surface area contributed by atoms with Gasteiger partial charge in [-0.1, -0.05) is 18.2 Å². The van der Waals surface area contributed by atoms with Crippen LogP contribution in [0.1, 0.15) is 5.56 Å². The Morgan fingerprint density at radius 1 is 1.44 bits per heavy atom. The number of ether oxygens (including phenoxy) is 1. The van der Waals surface area contributed by atoms with Crippen LogP contribution in [0, 0.1) is 0 Å². The van der Waals surface area contributed by atoms with Crippen molar-refractivity contribution < 1.29 is 9.84 Å². The molecule has 4 nitrogen and oxygen atoms in total. The maximum absolute atomic E-state index is 9.43. The van der Waals surface area contributed by atoms with Crippen molar-refractivity contribution in [2.24, 2.45) is 5.73 Å². The van der Waals surface area contributed by atoms with E-state index in [1.807, 2.05) is 36.2 Å². The summed E-state index contributed by atoms with van der Waals surface area (Å²) in [5.41, 5.74) is 6.48. The van der Waals surface area contributed by atoms with Crippen LogP contribution in [0.2, 0.25) is 0 Å². The number of nitrogens with zero attached hydrogens (tertiary/aromatic N) is 1. The van der Waals surface area contributed by atoms with E-state index in [1.54, 1.807) is 7.11 Å². The SMILES string of the molecule is COc1ccccc1CN(C)CC(O)CN. The third-order valence-corrected chi connectivity index (χ3v) is 2.43. The van der Waals surface area contributed by atoms with Crippen LogP contribution in [-0.4, -0.2) is 43.4 Å². The second kappa shape index (κ2) is 6.48. The maximum Gasteiger partial charge on any atom is 0.123 e. The fourth-order valence-corrected chi connectivity index (χ4v) is 1.62. The Morgan fingerprint density at radius 3 is 2.75 bits per heavy atom. The third-order valence-electron chi connectivity index (χ3n) is 2.43. The number of benzene rings is 1. The second-order valence-electron chi connectivity index (χ2n) is 3.90. The van der Waals surface area contributed by atoms with Crippen LogP contribution in [0.5, 0.6) is 5.75 Å². The van der Waals surface area contributed by atoms with Crippen molar-refractivity contribution in [2.75, 3.05) is 27.2 Å². The van der Waals surface area contributed by atoms with Gasteiger partial charge in [0.05, 0.1) is 13.2 Å².